The van der Waals surface area contributed by atoms with Gasteiger partial charge in [0.05, 0.1) is 10.4 Å². The molecule has 0 saturated carbocycles. The van der Waals surface area contributed by atoms with Crippen LogP contribution in [0, 0.1) is 12.7 Å². The number of carbonyl (C=O) groups excluding carboxylic acids is 1. The summed E-state index contributed by atoms with van der Waals surface area (Å²) in [6.45, 7) is 1.67. The number of aryl methyl sites for hydroxylation is 1. The molecule has 0 atom stereocenters. The molecule has 1 aromatic carbocycles. The Hall–Kier alpha value is -0.900. The van der Waals surface area contributed by atoms with E-state index in [2.05, 4.69) is 15.9 Å². The van der Waals surface area contributed by atoms with Gasteiger partial charge in [0.25, 0.3) is 0 Å². The number of halogens is 2. The van der Waals surface area contributed by atoms with Gasteiger partial charge in [-0.2, -0.15) is 0 Å². The van der Waals surface area contributed by atoms with Gasteiger partial charge < -0.3 is 9.90 Å². The van der Waals surface area contributed by atoms with E-state index in [9.17, 15) is 14.3 Å². The fraction of sp³-hybridized carbons (Fsp3) is 0.125. The van der Waals surface area contributed by atoms with Gasteiger partial charge in [-0.15, -0.1) is 0 Å². The summed E-state index contributed by atoms with van der Waals surface area (Å²) in [7, 11) is 0. The number of hydrogen-bond acceptors (Lipinski definition) is 2. The van der Waals surface area contributed by atoms with E-state index in [4.69, 9.17) is 0 Å². The van der Waals surface area contributed by atoms with Crippen LogP contribution in [0.15, 0.2) is 16.6 Å². The summed E-state index contributed by atoms with van der Waals surface area (Å²) in [6, 6.07) is 2.70. The van der Waals surface area contributed by atoms with Gasteiger partial charge in [0, 0.05) is 5.56 Å². The molecule has 0 saturated heterocycles. The summed E-state index contributed by atoms with van der Waals surface area (Å²) in [5.74, 6) is -2.29. The minimum Gasteiger partial charge on any atom is -0.545 e. The van der Waals surface area contributed by atoms with Crippen molar-refractivity contribution in [3.63, 3.8) is 0 Å². The minimum absolute atomic E-state index is 0.171. The molecule has 0 aliphatic heterocycles. The van der Waals surface area contributed by atoms with Crippen LogP contribution in [0.4, 0.5) is 4.39 Å². The summed E-state index contributed by atoms with van der Waals surface area (Å²) in [4.78, 5) is 10.3. The molecule has 2 nitrogen and oxygen atoms in total. The topological polar surface area (TPSA) is 40.1 Å². The fourth-order valence-corrected chi connectivity index (χ4v) is 1.15. The molecule has 0 N–H and O–H groups in total. The van der Waals surface area contributed by atoms with Crippen molar-refractivity contribution in [2.24, 2.45) is 0 Å². The number of aromatic carboxylic acids is 1. The Morgan fingerprint density at radius 2 is 2.17 bits per heavy atom. The molecule has 0 aromatic heterocycles. The number of hydrogen-bond donors (Lipinski definition) is 0. The van der Waals surface area contributed by atoms with Gasteiger partial charge in [-0.1, -0.05) is 6.07 Å². The average Bonchev–Trinajstić information content (AvgIpc) is 2.00. The van der Waals surface area contributed by atoms with E-state index >= 15 is 0 Å². The van der Waals surface area contributed by atoms with Crippen molar-refractivity contribution >= 4 is 21.9 Å². The predicted molar refractivity (Wildman–Crippen MR) is 43.2 cm³/mol. The van der Waals surface area contributed by atoms with E-state index in [-0.39, 0.29) is 4.47 Å². The molecule has 0 spiro atoms. The molecule has 0 heterocycles. The normalized spacial score (nSPS) is 9.92. The van der Waals surface area contributed by atoms with Crippen LogP contribution in [0.3, 0.4) is 0 Å². The molecule has 0 radical (unpaired) electrons. The summed E-state index contributed by atoms with van der Waals surface area (Å²) < 4.78 is 13.2. The fourth-order valence-electron chi connectivity index (χ4n) is 0.804. The lowest BCUT2D eigenvalue weighted by atomic mass is 10.1. The highest BCUT2D eigenvalue weighted by atomic mass is 79.9. The first-order chi connectivity index (χ1) is 5.54. The summed E-state index contributed by atoms with van der Waals surface area (Å²) in [5, 5.41) is 10.3. The summed E-state index contributed by atoms with van der Waals surface area (Å²) in [5.41, 5.74) is 0.227. The highest BCUT2D eigenvalue weighted by Gasteiger charge is 2.08. The molecular weight excluding hydrogens is 227 g/mol. The van der Waals surface area contributed by atoms with Gasteiger partial charge in [0.15, 0.2) is 0 Å². The van der Waals surface area contributed by atoms with Crippen LogP contribution in [0.2, 0.25) is 0 Å². The average molecular weight is 232 g/mol. The van der Waals surface area contributed by atoms with E-state index in [1.165, 1.54) is 12.1 Å². The lowest BCUT2D eigenvalue weighted by Gasteiger charge is -2.06. The van der Waals surface area contributed by atoms with Crippen molar-refractivity contribution in [1.82, 2.24) is 0 Å². The van der Waals surface area contributed by atoms with Gasteiger partial charge >= 0.3 is 0 Å². The maximum Gasteiger partial charge on any atom is 0.146 e. The van der Waals surface area contributed by atoms with Crippen LogP contribution in [-0.2, 0) is 0 Å². The molecule has 0 bridgehead atoms. The third kappa shape index (κ3) is 1.48. The Morgan fingerprint density at radius 1 is 1.58 bits per heavy atom. The highest BCUT2D eigenvalue weighted by Crippen LogP contribution is 2.22. The zero-order valence-electron chi connectivity index (χ0n) is 6.23. The van der Waals surface area contributed by atoms with Crippen LogP contribution in [0.5, 0.6) is 0 Å². The maximum atomic E-state index is 13.0. The van der Waals surface area contributed by atoms with E-state index < -0.39 is 17.3 Å². The van der Waals surface area contributed by atoms with Crippen molar-refractivity contribution in [3.05, 3.63) is 33.5 Å². The maximum absolute atomic E-state index is 13.0. The SMILES string of the molecule is Cc1ccc(C(=O)[O-])c(F)c1Br. The first-order valence-electron chi connectivity index (χ1n) is 3.20. The third-order valence-electron chi connectivity index (χ3n) is 1.50. The van der Waals surface area contributed by atoms with E-state index in [1.807, 2.05) is 0 Å². The lowest BCUT2D eigenvalue weighted by molar-refractivity contribution is -0.255. The first-order valence-corrected chi connectivity index (χ1v) is 3.99. The second-order valence-electron chi connectivity index (χ2n) is 2.35. The zero-order chi connectivity index (χ0) is 9.30. The standard InChI is InChI=1S/C8H6BrFO2/c1-4-2-3-5(8(11)12)7(10)6(4)9/h2-3H,1H3,(H,11,12)/p-1. The van der Waals surface area contributed by atoms with E-state index in [0.29, 0.717) is 5.56 Å². The smallest absolute Gasteiger partial charge is 0.146 e. The van der Waals surface area contributed by atoms with Gasteiger partial charge in [0.2, 0.25) is 0 Å². The Morgan fingerprint density at radius 3 is 2.67 bits per heavy atom. The molecule has 12 heavy (non-hydrogen) atoms. The van der Waals surface area contributed by atoms with E-state index in [1.54, 1.807) is 6.92 Å². The molecule has 0 aliphatic rings. The largest absolute Gasteiger partial charge is 0.545 e. The molecule has 0 unspecified atom stereocenters. The zero-order valence-corrected chi connectivity index (χ0v) is 7.81. The van der Waals surface area contributed by atoms with Gasteiger partial charge in [-0.25, -0.2) is 4.39 Å². The summed E-state index contributed by atoms with van der Waals surface area (Å²) >= 11 is 2.93. The molecule has 1 aromatic rings. The predicted octanol–water partition coefficient (Wildman–Crippen LogP) is 1.26. The van der Waals surface area contributed by atoms with Crippen molar-refractivity contribution in [1.29, 1.82) is 0 Å². The number of carboxylic acid groups (broad SMARTS) is 1. The Bertz CT molecular complexity index is 336. The van der Waals surface area contributed by atoms with Crippen molar-refractivity contribution in [2.75, 3.05) is 0 Å². The first kappa shape index (κ1) is 9.19. The Kier molecular flexibility index (Phi) is 2.47. The van der Waals surface area contributed by atoms with Crippen LogP contribution >= 0.6 is 15.9 Å². The second kappa shape index (κ2) is 3.23. The van der Waals surface area contributed by atoms with Crippen molar-refractivity contribution in [3.8, 4) is 0 Å². The van der Waals surface area contributed by atoms with Gasteiger partial charge in [-0.05, 0) is 34.5 Å². The molecule has 64 valence electrons. The monoisotopic (exact) mass is 231 g/mol. The molecule has 0 fully saturated rings. The van der Waals surface area contributed by atoms with Crippen LogP contribution < -0.4 is 5.11 Å². The number of rotatable bonds is 1. The molecular formula is C8H5BrFO2-. The molecule has 1 rings (SSSR count). The van der Waals surface area contributed by atoms with Crippen LogP contribution in [0.25, 0.3) is 0 Å². The second-order valence-corrected chi connectivity index (χ2v) is 3.14. The quantitative estimate of drug-likeness (QED) is 0.731. The van der Waals surface area contributed by atoms with Crippen LogP contribution in [-0.4, -0.2) is 5.97 Å². The highest BCUT2D eigenvalue weighted by molar-refractivity contribution is 9.10. The van der Waals surface area contributed by atoms with Crippen molar-refractivity contribution < 1.29 is 14.3 Å². The minimum atomic E-state index is -1.51. The number of carboxylic acids is 1. The van der Waals surface area contributed by atoms with Crippen molar-refractivity contribution in [2.45, 2.75) is 6.92 Å². The van der Waals surface area contributed by atoms with E-state index in [0.717, 1.165) is 0 Å². The van der Waals surface area contributed by atoms with Crippen LogP contribution in [0.1, 0.15) is 15.9 Å². The number of carbonyl (C=O) groups is 1. The van der Waals surface area contributed by atoms with Gasteiger partial charge in [0.1, 0.15) is 5.82 Å². The Balaban J connectivity index is 3.36. The molecule has 0 aliphatic carbocycles. The molecule has 0 amide bonds. The third-order valence-corrected chi connectivity index (χ3v) is 2.47. The van der Waals surface area contributed by atoms with Gasteiger partial charge in [-0.3, -0.25) is 0 Å². The summed E-state index contributed by atoms with van der Waals surface area (Å²) in [6.07, 6.45) is 0. The number of benzene rings is 1. The molecule has 4 heteroatoms. The Labute approximate surface area is 77.2 Å². The lowest BCUT2D eigenvalue weighted by Crippen LogP contribution is -2.23.